The van der Waals surface area contributed by atoms with Crippen LogP contribution in [0, 0.1) is 11.3 Å². The van der Waals surface area contributed by atoms with E-state index in [9.17, 15) is 0 Å². The van der Waals surface area contributed by atoms with Gasteiger partial charge in [0, 0.05) is 0 Å². The van der Waals surface area contributed by atoms with Gasteiger partial charge in [-0.1, -0.05) is 51.8 Å². The van der Waals surface area contributed by atoms with E-state index < -0.39 is 0 Å². The summed E-state index contributed by atoms with van der Waals surface area (Å²) < 4.78 is 0. The predicted molar refractivity (Wildman–Crippen MR) is 64.3 cm³/mol. The molecule has 0 fully saturated rings. The Morgan fingerprint density at radius 3 is 2.14 bits per heavy atom. The quantitative estimate of drug-likeness (QED) is 0.563. The van der Waals surface area contributed by atoms with Crippen molar-refractivity contribution < 1.29 is 0 Å². The summed E-state index contributed by atoms with van der Waals surface area (Å²) in [6.45, 7) is 13.8. The Bertz CT molecular complexity index is 269. The molecule has 1 aliphatic carbocycles. The molecule has 0 heterocycles. The van der Waals surface area contributed by atoms with Crippen molar-refractivity contribution in [3.63, 3.8) is 0 Å². The van der Waals surface area contributed by atoms with Gasteiger partial charge >= 0.3 is 0 Å². The minimum atomic E-state index is 0.310. The molecule has 0 N–H and O–H groups in total. The number of allylic oxidation sites excluding steroid dienone is 4. The molecule has 0 aromatic heterocycles. The van der Waals surface area contributed by atoms with Crippen molar-refractivity contribution in [2.75, 3.05) is 0 Å². The second kappa shape index (κ2) is 3.92. The molecule has 0 aromatic carbocycles. The fraction of sp³-hybridized carbons (Fsp3) is 0.714. The van der Waals surface area contributed by atoms with E-state index in [1.165, 1.54) is 12.8 Å². The first-order chi connectivity index (χ1) is 6.32. The molecule has 0 amide bonds. The molecule has 0 nitrogen and oxygen atoms in total. The molecule has 0 aliphatic heterocycles. The summed E-state index contributed by atoms with van der Waals surface area (Å²) in [6.07, 6.45) is 4.98. The topological polar surface area (TPSA) is 0 Å². The zero-order chi connectivity index (χ0) is 10.9. The monoisotopic (exact) mass is 192 g/mol. The number of hydrogen-bond acceptors (Lipinski definition) is 0. The molecule has 80 valence electrons. The van der Waals surface area contributed by atoms with Gasteiger partial charge in [-0.3, -0.25) is 0 Å². The average Bonchev–Trinajstić information content (AvgIpc) is 2.02. The van der Waals surface area contributed by atoms with E-state index in [1.807, 2.05) is 0 Å². The second-order valence-corrected chi connectivity index (χ2v) is 5.82. The van der Waals surface area contributed by atoms with E-state index in [0.29, 0.717) is 11.3 Å². The van der Waals surface area contributed by atoms with Crippen LogP contribution in [0.2, 0.25) is 0 Å². The molecule has 1 rings (SSSR count). The van der Waals surface area contributed by atoms with Crippen LogP contribution in [-0.4, -0.2) is 0 Å². The van der Waals surface area contributed by atoms with Crippen LogP contribution >= 0.6 is 0 Å². The van der Waals surface area contributed by atoms with Gasteiger partial charge in [-0.15, -0.1) is 0 Å². The number of hydrogen-bond donors (Lipinski definition) is 0. The van der Waals surface area contributed by atoms with Crippen LogP contribution in [0.1, 0.15) is 54.4 Å². The molecule has 0 saturated heterocycles. The van der Waals surface area contributed by atoms with Crippen molar-refractivity contribution in [3.8, 4) is 0 Å². The van der Waals surface area contributed by atoms with Crippen molar-refractivity contribution in [2.45, 2.75) is 54.4 Å². The smallest absolute Gasteiger partial charge is 0.0132 e. The summed E-state index contributed by atoms with van der Waals surface area (Å²) in [5, 5.41) is 0. The number of rotatable bonds is 1. The first kappa shape index (κ1) is 11.6. The van der Waals surface area contributed by atoms with Gasteiger partial charge in [-0.05, 0) is 36.7 Å². The van der Waals surface area contributed by atoms with Crippen LogP contribution in [0.5, 0.6) is 0 Å². The maximum absolute atomic E-state index is 2.45. The molecule has 0 atom stereocenters. The molecule has 0 saturated carbocycles. The SMILES string of the molecule is CC1=C(C(C)(C)C)C=C(C(C)C)CC1. The van der Waals surface area contributed by atoms with Crippen LogP contribution in [0.3, 0.4) is 0 Å². The van der Waals surface area contributed by atoms with Gasteiger partial charge in [0.25, 0.3) is 0 Å². The highest BCUT2D eigenvalue weighted by atomic mass is 14.3. The van der Waals surface area contributed by atoms with E-state index >= 15 is 0 Å². The van der Waals surface area contributed by atoms with Gasteiger partial charge in [-0.25, -0.2) is 0 Å². The Morgan fingerprint density at radius 1 is 1.14 bits per heavy atom. The van der Waals surface area contributed by atoms with E-state index in [2.05, 4.69) is 47.6 Å². The molecule has 0 spiro atoms. The lowest BCUT2D eigenvalue weighted by molar-refractivity contribution is 0.500. The highest BCUT2D eigenvalue weighted by molar-refractivity contribution is 5.37. The van der Waals surface area contributed by atoms with Crippen LogP contribution in [0.4, 0.5) is 0 Å². The Balaban J connectivity index is 3.03. The lowest BCUT2D eigenvalue weighted by Crippen LogP contribution is -2.14. The van der Waals surface area contributed by atoms with Crippen molar-refractivity contribution in [1.29, 1.82) is 0 Å². The minimum absolute atomic E-state index is 0.310. The highest BCUT2D eigenvalue weighted by Crippen LogP contribution is 2.37. The van der Waals surface area contributed by atoms with E-state index in [0.717, 1.165) is 0 Å². The Morgan fingerprint density at radius 2 is 1.71 bits per heavy atom. The first-order valence-electron chi connectivity index (χ1n) is 5.73. The summed E-state index contributed by atoms with van der Waals surface area (Å²) in [4.78, 5) is 0. The highest BCUT2D eigenvalue weighted by Gasteiger charge is 2.21. The third-order valence-corrected chi connectivity index (χ3v) is 3.13. The summed E-state index contributed by atoms with van der Waals surface area (Å²) in [5.41, 5.74) is 5.08. The van der Waals surface area contributed by atoms with Crippen LogP contribution < -0.4 is 0 Å². The van der Waals surface area contributed by atoms with Crippen molar-refractivity contribution in [2.24, 2.45) is 11.3 Å². The standard InChI is InChI=1S/C14H24/c1-10(2)12-8-7-11(3)13(9-12)14(4,5)6/h9-10H,7-8H2,1-6H3. The molecule has 0 aromatic rings. The average molecular weight is 192 g/mol. The molecule has 0 bridgehead atoms. The van der Waals surface area contributed by atoms with E-state index in [-0.39, 0.29) is 0 Å². The molecular weight excluding hydrogens is 168 g/mol. The Kier molecular flexibility index (Phi) is 3.24. The molecule has 0 heteroatoms. The maximum atomic E-state index is 2.45. The fourth-order valence-corrected chi connectivity index (χ4v) is 2.16. The van der Waals surface area contributed by atoms with Gasteiger partial charge in [0.1, 0.15) is 0 Å². The van der Waals surface area contributed by atoms with Crippen molar-refractivity contribution >= 4 is 0 Å². The first-order valence-corrected chi connectivity index (χ1v) is 5.73. The van der Waals surface area contributed by atoms with Crippen LogP contribution in [-0.2, 0) is 0 Å². The molecule has 14 heavy (non-hydrogen) atoms. The molecular formula is C14H24. The molecule has 0 radical (unpaired) electrons. The third-order valence-electron chi connectivity index (χ3n) is 3.13. The van der Waals surface area contributed by atoms with E-state index in [1.54, 1.807) is 16.7 Å². The van der Waals surface area contributed by atoms with Crippen LogP contribution in [0.15, 0.2) is 22.8 Å². The minimum Gasteiger partial charge on any atom is -0.0693 e. The van der Waals surface area contributed by atoms with Crippen molar-refractivity contribution in [3.05, 3.63) is 22.8 Å². The fourth-order valence-electron chi connectivity index (χ4n) is 2.16. The summed E-state index contributed by atoms with van der Waals surface area (Å²) >= 11 is 0. The van der Waals surface area contributed by atoms with Gasteiger partial charge in [0.15, 0.2) is 0 Å². The van der Waals surface area contributed by atoms with Crippen molar-refractivity contribution in [1.82, 2.24) is 0 Å². The summed E-state index contributed by atoms with van der Waals surface area (Å²) in [5.74, 6) is 0.709. The zero-order valence-electron chi connectivity index (χ0n) is 10.6. The zero-order valence-corrected chi connectivity index (χ0v) is 10.6. The molecule has 0 unspecified atom stereocenters. The van der Waals surface area contributed by atoms with Gasteiger partial charge in [0.2, 0.25) is 0 Å². The van der Waals surface area contributed by atoms with Gasteiger partial charge < -0.3 is 0 Å². The normalized spacial score (nSPS) is 18.9. The molecule has 1 aliphatic rings. The lowest BCUT2D eigenvalue weighted by Gasteiger charge is -2.29. The van der Waals surface area contributed by atoms with Gasteiger partial charge in [0.05, 0.1) is 0 Å². The Hall–Kier alpha value is -0.520. The third kappa shape index (κ3) is 2.50. The Labute approximate surface area is 89.1 Å². The maximum Gasteiger partial charge on any atom is -0.0132 e. The second-order valence-electron chi connectivity index (χ2n) is 5.82. The van der Waals surface area contributed by atoms with Crippen LogP contribution in [0.25, 0.3) is 0 Å². The lowest BCUT2D eigenvalue weighted by atomic mass is 9.77. The summed E-state index contributed by atoms with van der Waals surface area (Å²) in [7, 11) is 0. The predicted octanol–water partition coefficient (Wildman–Crippen LogP) is 4.73. The summed E-state index contributed by atoms with van der Waals surface area (Å²) in [6, 6.07) is 0. The van der Waals surface area contributed by atoms with Gasteiger partial charge in [-0.2, -0.15) is 0 Å². The van der Waals surface area contributed by atoms with E-state index in [4.69, 9.17) is 0 Å². The largest absolute Gasteiger partial charge is 0.0693 e.